The summed E-state index contributed by atoms with van der Waals surface area (Å²) in [6, 6.07) is 0. The van der Waals surface area contributed by atoms with Gasteiger partial charge in [0.25, 0.3) is 0 Å². The average Bonchev–Trinajstić information content (AvgIpc) is 2.20. The van der Waals surface area contributed by atoms with Crippen LogP contribution < -0.4 is 5.32 Å². The number of aliphatic carboxylic acids is 1. The molecular weight excluding hydrogens is 210 g/mol. The Morgan fingerprint density at radius 3 is 2.40 bits per heavy atom. The molecule has 0 fully saturated rings. The molecule has 0 saturated carbocycles. The largest absolute Gasteiger partial charge is 0.480 e. The third-order valence-corrected chi connectivity index (χ3v) is 2.54. The van der Waals surface area contributed by atoms with Crippen molar-refractivity contribution in [3.63, 3.8) is 0 Å². The summed E-state index contributed by atoms with van der Waals surface area (Å²) in [5.41, 5.74) is 0. The lowest BCUT2D eigenvalue weighted by Gasteiger charge is -2.04. The summed E-state index contributed by atoms with van der Waals surface area (Å²) in [5, 5.41) is 11.1. The van der Waals surface area contributed by atoms with Gasteiger partial charge >= 0.3 is 5.97 Å². The minimum Gasteiger partial charge on any atom is -0.480 e. The van der Waals surface area contributed by atoms with Crippen LogP contribution >= 0.6 is 12.2 Å². The summed E-state index contributed by atoms with van der Waals surface area (Å²) in [5.74, 6) is -0.861. The standard InChI is InChI=1S/C11H21NO2S/c1-2-3-4-5-6-7-8-10(15)12-9-11(13)14/h2-9H2,1H3,(H,12,15)(H,13,14). The normalized spacial score (nSPS) is 9.93. The van der Waals surface area contributed by atoms with E-state index in [2.05, 4.69) is 12.2 Å². The Kier molecular flexibility index (Phi) is 9.48. The predicted molar refractivity (Wildman–Crippen MR) is 66.2 cm³/mol. The van der Waals surface area contributed by atoms with Crippen molar-refractivity contribution < 1.29 is 9.90 Å². The van der Waals surface area contributed by atoms with Gasteiger partial charge in [-0.15, -0.1) is 0 Å². The highest BCUT2D eigenvalue weighted by molar-refractivity contribution is 7.80. The van der Waals surface area contributed by atoms with E-state index >= 15 is 0 Å². The lowest BCUT2D eigenvalue weighted by Crippen LogP contribution is -2.27. The lowest BCUT2D eigenvalue weighted by molar-refractivity contribution is -0.135. The molecule has 0 aliphatic rings. The molecule has 3 nitrogen and oxygen atoms in total. The first-order valence-corrected chi connectivity index (χ1v) is 6.06. The number of hydrogen-bond donors (Lipinski definition) is 2. The molecule has 0 unspecified atom stereocenters. The van der Waals surface area contributed by atoms with Gasteiger partial charge in [-0.1, -0.05) is 51.2 Å². The van der Waals surface area contributed by atoms with E-state index in [4.69, 9.17) is 17.3 Å². The highest BCUT2D eigenvalue weighted by Gasteiger charge is 1.99. The highest BCUT2D eigenvalue weighted by Crippen LogP contribution is 2.06. The number of carboxylic acid groups (broad SMARTS) is 1. The summed E-state index contributed by atoms with van der Waals surface area (Å²) >= 11 is 5.00. The van der Waals surface area contributed by atoms with Gasteiger partial charge in [-0.05, 0) is 12.8 Å². The SMILES string of the molecule is CCCCCCCCC(=S)NCC(=O)O. The average molecular weight is 231 g/mol. The van der Waals surface area contributed by atoms with Crippen LogP contribution in [0.4, 0.5) is 0 Å². The highest BCUT2D eigenvalue weighted by atomic mass is 32.1. The van der Waals surface area contributed by atoms with E-state index < -0.39 is 5.97 Å². The second kappa shape index (κ2) is 9.90. The lowest BCUT2D eigenvalue weighted by atomic mass is 10.1. The van der Waals surface area contributed by atoms with Crippen LogP contribution in [0.2, 0.25) is 0 Å². The van der Waals surface area contributed by atoms with E-state index in [9.17, 15) is 4.79 Å². The van der Waals surface area contributed by atoms with Crippen LogP contribution in [-0.2, 0) is 4.79 Å². The number of rotatable bonds is 9. The molecule has 0 amide bonds. The van der Waals surface area contributed by atoms with Crippen LogP contribution in [-0.4, -0.2) is 22.6 Å². The van der Waals surface area contributed by atoms with Crippen molar-refractivity contribution >= 4 is 23.2 Å². The van der Waals surface area contributed by atoms with Crippen LogP contribution in [0.3, 0.4) is 0 Å². The number of nitrogens with one attached hydrogen (secondary N) is 1. The Bertz CT molecular complexity index is 195. The zero-order chi connectivity index (χ0) is 11.5. The van der Waals surface area contributed by atoms with Crippen molar-refractivity contribution in [3.05, 3.63) is 0 Å². The molecule has 0 aliphatic heterocycles. The molecule has 0 aromatic carbocycles. The van der Waals surface area contributed by atoms with Crippen molar-refractivity contribution in [2.75, 3.05) is 6.54 Å². The van der Waals surface area contributed by atoms with Gasteiger partial charge in [0.2, 0.25) is 0 Å². The van der Waals surface area contributed by atoms with Crippen LogP contribution in [0, 0.1) is 0 Å². The van der Waals surface area contributed by atoms with Crippen LogP contribution in [0.25, 0.3) is 0 Å². The van der Waals surface area contributed by atoms with Gasteiger partial charge in [0, 0.05) is 0 Å². The molecule has 0 heterocycles. The fraction of sp³-hybridized carbons (Fsp3) is 0.818. The van der Waals surface area contributed by atoms with E-state index in [0.717, 1.165) is 12.8 Å². The second-order valence-corrected chi connectivity index (χ2v) is 4.18. The van der Waals surface area contributed by atoms with E-state index in [1.54, 1.807) is 0 Å². The first-order chi connectivity index (χ1) is 7.16. The molecule has 0 rings (SSSR count). The molecular formula is C11H21NO2S. The summed E-state index contributed by atoms with van der Waals surface area (Å²) in [4.78, 5) is 10.9. The monoisotopic (exact) mass is 231 g/mol. The molecule has 0 atom stereocenters. The van der Waals surface area contributed by atoms with Gasteiger partial charge in [0.1, 0.15) is 6.54 Å². The number of carboxylic acids is 1. The molecule has 0 aromatic rings. The van der Waals surface area contributed by atoms with Crippen molar-refractivity contribution in [2.24, 2.45) is 0 Å². The van der Waals surface area contributed by atoms with E-state index in [-0.39, 0.29) is 6.54 Å². The molecule has 15 heavy (non-hydrogen) atoms. The van der Waals surface area contributed by atoms with Gasteiger partial charge in [-0.25, -0.2) is 0 Å². The number of thiocarbonyl (C=S) groups is 1. The molecule has 0 bridgehead atoms. The zero-order valence-electron chi connectivity index (χ0n) is 9.42. The van der Waals surface area contributed by atoms with Crippen molar-refractivity contribution in [1.29, 1.82) is 0 Å². The molecule has 0 aliphatic carbocycles. The molecule has 0 radical (unpaired) electrons. The van der Waals surface area contributed by atoms with E-state index in [0.29, 0.717) is 4.99 Å². The number of hydrogen-bond acceptors (Lipinski definition) is 2. The maximum Gasteiger partial charge on any atom is 0.322 e. The second-order valence-electron chi connectivity index (χ2n) is 3.69. The Balaban J connectivity index is 3.20. The van der Waals surface area contributed by atoms with Crippen molar-refractivity contribution in [2.45, 2.75) is 51.9 Å². The summed E-state index contributed by atoms with van der Waals surface area (Å²) in [6.07, 6.45) is 8.19. The Hall–Kier alpha value is -0.640. The van der Waals surface area contributed by atoms with Gasteiger partial charge < -0.3 is 10.4 Å². The molecule has 0 spiro atoms. The summed E-state index contributed by atoms with van der Waals surface area (Å²) in [6.45, 7) is 2.14. The van der Waals surface area contributed by atoms with Gasteiger partial charge in [-0.2, -0.15) is 0 Å². The molecule has 0 saturated heterocycles. The minimum absolute atomic E-state index is 0.0608. The summed E-state index contributed by atoms with van der Waals surface area (Å²) in [7, 11) is 0. The number of unbranched alkanes of at least 4 members (excludes halogenated alkanes) is 5. The van der Waals surface area contributed by atoms with Crippen LogP contribution in [0.5, 0.6) is 0 Å². The third kappa shape index (κ3) is 11.3. The van der Waals surface area contributed by atoms with Crippen molar-refractivity contribution in [3.8, 4) is 0 Å². The summed E-state index contributed by atoms with van der Waals surface area (Å²) < 4.78 is 0. The fourth-order valence-electron chi connectivity index (χ4n) is 1.33. The molecule has 2 N–H and O–H groups in total. The third-order valence-electron chi connectivity index (χ3n) is 2.19. The van der Waals surface area contributed by atoms with Gasteiger partial charge in [0.15, 0.2) is 0 Å². The fourth-order valence-corrected chi connectivity index (χ4v) is 1.54. The first kappa shape index (κ1) is 14.4. The molecule has 0 aromatic heterocycles. The Labute approximate surface area is 97.3 Å². The van der Waals surface area contributed by atoms with E-state index in [1.807, 2.05) is 0 Å². The van der Waals surface area contributed by atoms with Crippen molar-refractivity contribution in [1.82, 2.24) is 5.32 Å². The Morgan fingerprint density at radius 1 is 1.20 bits per heavy atom. The number of carbonyl (C=O) groups is 1. The quantitative estimate of drug-likeness (QED) is 0.473. The van der Waals surface area contributed by atoms with Crippen LogP contribution in [0.15, 0.2) is 0 Å². The minimum atomic E-state index is -0.861. The Morgan fingerprint density at radius 2 is 1.80 bits per heavy atom. The van der Waals surface area contributed by atoms with Crippen LogP contribution in [0.1, 0.15) is 51.9 Å². The van der Waals surface area contributed by atoms with Gasteiger partial charge in [-0.3, -0.25) is 4.79 Å². The smallest absolute Gasteiger partial charge is 0.322 e. The van der Waals surface area contributed by atoms with E-state index in [1.165, 1.54) is 32.1 Å². The first-order valence-electron chi connectivity index (χ1n) is 5.65. The zero-order valence-corrected chi connectivity index (χ0v) is 10.2. The topological polar surface area (TPSA) is 49.3 Å². The maximum absolute atomic E-state index is 10.2. The predicted octanol–water partition coefficient (Wildman–Crippen LogP) is 2.74. The van der Waals surface area contributed by atoms with Gasteiger partial charge in [0.05, 0.1) is 4.99 Å². The molecule has 4 heteroatoms. The maximum atomic E-state index is 10.2. The molecule has 88 valence electrons.